The number of rotatable bonds is 3. The monoisotopic (exact) mass is 281 g/mol. The van der Waals surface area contributed by atoms with E-state index in [0.717, 1.165) is 4.31 Å². The highest BCUT2D eigenvalue weighted by Crippen LogP contribution is 2.29. The molecule has 0 amide bonds. The zero-order valence-corrected chi connectivity index (χ0v) is 11.7. The standard InChI is InChI=1S/C12H15N3O3S/c1-8-12(9(2)18-14-8)19(16,17)15(3)11-7-5-4-6-10(11)13/h4-7H,13H2,1-3H3. The molecule has 0 spiro atoms. The summed E-state index contributed by atoms with van der Waals surface area (Å²) in [6.07, 6.45) is 0. The fourth-order valence-corrected chi connectivity index (χ4v) is 3.39. The lowest BCUT2D eigenvalue weighted by molar-refractivity contribution is 0.390. The van der Waals surface area contributed by atoms with E-state index in [1.807, 2.05) is 0 Å². The van der Waals surface area contributed by atoms with Crippen molar-refractivity contribution in [3.05, 3.63) is 35.7 Å². The summed E-state index contributed by atoms with van der Waals surface area (Å²) in [6, 6.07) is 6.76. The number of benzene rings is 1. The molecule has 19 heavy (non-hydrogen) atoms. The smallest absolute Gasteiger partial charge is 0.269 e. The molecule has 0 bridgehead atoms. The summed E-state index contributed by atoms with van der Waals surface area (Å²) in [6.45, 7) is 3.15. The van der Waals surface area contributed by atoms with E-state index in [9.17, 15) is 8.42 Å². The van der Waals surface area contributed by atoms with E-state index in [-0.39, 0.29) is 10.7 Å². The molecule has 1 aromatic carbocycles. The predicted octanol–water partition coefficient (Wildman–Crippen LogP) is 1.70. The van der Waals surface area contributed by atoms with Gasteiger partial charge in [0.2, 0.25) is 0 Å². The normalized spacial score (nSPS) is 11.5. The molecule has 0 radical (unpaired) electrons. The van der Waals surface area contributed by atoms with E-state index in [0.29, 0.717) is 17.1 Å². The molecule has 0 atom stereocenters. The van der Waals surface area contributed by atoms with Crippen LogP contribution in [0.1, 0.15) is 11.5 Å². The van der Waals surface area contributed by atoms with Gasteiger partial charge in [-0.05, 0) is 26.0 Å². The number of aromatic nitrogens is 1. The van der Waals surface area contributed by atoms with Crippen molar-refractivity contribution < 1.29 is 12.9 Å². The molecule has 102 valence electrons. The summed E-state index contributed by atoms with van der Waals surface area (Å²) in [7, 11) is -2.28. The molecule has 0 unspecified atom stereocenters. The number of hydrogen-bond donors (Lipinski definition) is 1. The third-order valence-electron chi connectivity index (χ3n) is 2.86. The molecule has 2 N–H and O–H groups in total. The maximum absolute atomic E-state index is 12.6. The summed E-state index contributed by atoms with van der Waals surface area (Å²) < 4.78 is 31.2. The van der Waals surface area contributed by atoms with E-state index in [4.69, 9.17) is 10.3 Å². The third kappa shape index (κ3) is 2.17. The van der Waals surface area contributed by atoms with Crippen LogP contribution in [-0.4, -0.2) is 20.6 Å². The number of hydrogen-bond acceptors (Lipinski definition) is 5. The van der Waals surface area contributed by atoms with Crippen LogP contribution in [-0.2, 0) is 10.0 Å². The van der Waals surface area contributed by atoms with Gasteiger partial charge in [0.1, 0.15) is 5.69 Å². The van der Waals surface area contributed by atoms with Gasteiger partial charge in [0.15, 0.2) is 10.7 Å². The van der Waals surface area contributed by atoms with Gasteiger partial charge in [-0.2, -0.15) is 0 Å². The Kier molecular flexibility index (Phi) is 3.23. The molecule has 2 rings (SSSR count). The highest BCUT2D eigenvalue weighted by Gasteiger charge is 2.29. The molecule has 0 fully saturated rings. The molecule has 2 aromatic rings. The van der Waals surface area contributed by atoms with Crippen molar-refractivity contribution in [1.82, 2.24) is 5.16 Å². The van der Waals surface area contributed by atoms with Crippen LogP contribution in [0.5, 0.6) is 0 Å². The summed E-state index contributed by atoms with van der Waals surface area (Å²) >= 11 is 0. The molecule has 0 aliphatic rings. The number of para-hydroxylation sites is 2. The van der Waals surface area contributed by atoms with Crippen LogP contribution in [0.4, 0.5) is 11.4 Å². The van der Waals surface area contributed by atoms with Gasteiger partial charge >= 0.3 is 0 Å². The Morgan fingerprint density at radius 2 is 1.89 bits per heavy atom. The Morgan fingerprint density at radius 3 is 2.42 bits per heavy atom. The number of nitrogen functional groups attached to an aromatic ring is 1. The van der Waals surface area contributed by atoms with Crippen molar-refractivity contribution in [2.24, 2.45) is 0 Å². The molecule has 1 heterocycles. The number of aryl methyl sites for hydroxylation is 2. The van der Waals surface area contributed by atoms with Crippen LogP contribution in [0, 0.1) is 13.8 Å². The van der Waals surface area contributed by atoms with Gasteiger partial charge < -0.3 is 10.3 Å². The first kappa shape index (κ1) is 13.4. The largest absolute Gasteiger partial charge is 0.397 e. The Labute approximate surface area is 111 Å². The number of anilines is 2. The molecule has 0 aliphatic heterocycles. The molecule has 6 nitrogen and oxygen atoms in total. The molecule has 1 aromatic heterocycles. The molecule has 7 heteroatoms. The van der Waals surface area contributed by atoms with Crippen molar-refractivity contribution in [2.45, 2.75) is 18.7 Å². The predicted molar refractivity (Wildman–Crippen MR) is 72.4 cm³/mol. The van der Waals surface area contributed by atoms with Crippen molar-refractivity contribution in [2.75, 3.05) is 17.1 Å². The SMILES string of the molecule is Cc1noc(C)c1S(=O)(=O)N(C)c1ccccc1N. The van der Waals surface area contributed by atoms with Crippen LogP contribution in [0.15, 0.2) is 33.7 Å². The average Bonchev–Trinajstić information content (AvgIpc) is 2.69. The summed E-state index contributed by atoms with van der Waals surface area (Å²) in [5.41, 5.74) is 6.94. The van der Waals surface area contributed by atoms with Crippen LogP contribution >= 0.6 is 0 Å². The minimum Gasteiger partial charge on any atom is -0.397 e. The Bertz CT molecular complexity index is 687. The second kappa shape index (κ2) is 4.58. The van der Waals surface area contributed by atoms with Crippen LogP contribution in [0.3, 0.4) is 0 Å². The summed E-state index contributed by atoms with van der Waals surface area (Å²) in [4.78, 5) is 0.0817. The lowest BCUT2D eigenvalue weighted by atomic mass is 10.3. The highest BCUT2D eigenvalue weighted by molar-refractivity contribution is 7.92. The maximum Gasteiger partial charge on any atom is 0.269 e. The van der Waals surface area contributed by atoms with Crippen LogP contribution in [0.2, 0.25) is 0 Å². The van der Waals surface area contributed by atoms with Crippen molar-refractivity contribution >= 4 is 21.4 Å². The van der Waals surface area contributed by atoms with Gasteiger partial charge in [0.25, 0.3) is 10.0 Å². The van der Waals surface area contributed by atoms with Crippen molar-refractivity contribution in [3.8, 4) is 0 Å². The van der Waals surface area contributed by atoms with Gasteiger partial charge in [0, 0.05) is 7.05 Å². The van der Waals surface area contributed by atoms with Crippen LogP contribution < -0.4 is 10.0 Å². The van der Waals surface area contributed by atoms with Crippen LogP contribution in [0.25, 0.3) is 0 Å². The second-order valence-corrected chi connectivity index (χ2v) is 6.09. The second-order valence-electron chi connectivity index (χ2n) is 4.18. The highest BCUT2D eigenvalue weighted by atomic mass is 32.2. The number of nitrogens with two attached hydrogens (primary N) is 1. The molecular weight excluding hydrogens is 266 g/mol. The Balaban J connectivity index is 2.55. The first-order valence-corrected chi connectivity index (χ1v) is 7.06. The van der Waals surface area contributed by atoms with Gasteiger partial charge in [0.05, 0.1) is 11.4 Å². The van der Waals surface area contributed by atoms with E-state index in [2.05, 4.69) is 5.16 Å². The van der Waals surface area contributed by atoms with E-state index >= 15 is 0 Å². The molecule has 0 saturated carbocycles. The minimum absolute atomic E-state index is 0.0817. The van der Waals surface area contributed by atoms with Gasteiger partial charge in [-0.25, -0.2) is 8.42 Å². The summed E-state index contributed by atoms with van der Waals surface area (Å²) in [5.74, 6) is 0.263. The third-order valence-corrected chi connectivity index (χ3v) is 4.88. The average molecular weight is 281 g/mol. The van der Waals surface area contributed by atoms with Gasteiger partial charge in [-0.1, -0.05) is 17.3 Å². The number of sulfonamides is 1. The fraction of sp³-hybridized carbons (Fsp3) is 0.250. The first-order chi connectivity index (χ1) is 8.85. The lowest BCUT2D eigenvalue weighted by Crippen LogP contribution is -2.28. The lowest BCUT2D eigenvalue weighted by Gasteiger charge is -2.20. The molecular formula is C12H15N3O3S. The fourth-order valence-electron chi connectivity index (χ4n) is 1.88. The minimum atomic E-state index is -3.74. The first-order valence-electron chi connectivity index (χ1n) is 5.62. The maximum atomic E-state index is 12.6. The Hall–Kier alpha value is -2.02. The zero-order valence-electron chi connectivity index (χ0n) is 10.9. The summed E-state index contributed by atoms with van der Waals surface area (Å²) in [5, 5.41) is 3.67. The van der Waals surface area contributed by atoms with E-state index in [1.54, 1.807) is 38.1 Å². The molecule has 0 saturated heterocycles. The quantitative estimate of drug-likeness (QED) is 0.865. The van der Waals surface area contributed by atoms with Crippen molar-refractivity contribution in [3.63, 3.8) is 0 Å². The van der Waals surface area contributed by atoms with Crippen molar-refractivity contribution in [1.29, 1.82) is 0 Å². The van der Waals surface area contributed by atoms with E-state index in [1.165, 1.54) is 7.05 Å². The number of nitrogens with zero attached hydrogens (tertiary/aromatic N) is 2. The topological polar surface area (TPSA) is 89.4 Å². The van der Waals surface area contributed by atoms with E-state index < -0.39 is 10.0 Å². The molecule has 0 aliphatic carbocycles. The Morgan fingerprint density at radius 1 is 1.26 bits per heavy atom. The van der Waals surface area contributed by atoms with Gasteiger partial charge in [-0.15, -0.1) is 0 Å². The van der Waals surface area contributed by atoms with Gasteiger partial charge in [-0.3, -0.25) is 4.31 Å². The zero-order chi connectivity index (χ0) is 14.2.